The summed E-state index contributed by atoms with van der Waals surface area (Å²) >= 11 is 0. The molecule has 4 aliphatic carbocycles. The van der Waals surface area contributed by atoms with Crippen molar-refractivity contribution in [3.8, 4) is 69.0 Å². The first-order valence-corrected chi connectivity index (χ1v) is 38.8. The van der Waals surface area contributed by atoms with Crippen LogP contribution in [0.2, 0.25) is 0 Å². The number of benzene rings is 8. The highest BCUT2D eigenvalue weighted by molar-refractivity contribution is 6.04. The van der Waals surface area contributed by atoms with Crippen LogP contribution in [0, 0.1) is 27.7 Å². The minimum atomic E-state index is 0. The number of hydrogen-bond donors (Lipinski definition) is 0. The number of hydrogen-bond acceptors (Lipinski definition) is 22. The number of aryl methyl sites for hydroxylation is 4. The predicted molar refractivity (Wildman–Crippen MR) is 474 cm³/mol. The molecule has 0 atom stereocenters. The fourth-order valence-corrected chi connectivity index (χ4v) is 14.9. The van der Waals surface area contributed by atoms with E-state index >= 15 is 0 Å². The van der Waals surface area contributed by atoms with E-state index in [1.54, 1.807) is 99.5 Å². The van der Waals surface area contributed by atoms with E-state index in [-0.39, 0.29) is 29.7 Å². The molecule has 652 valence electrons. The maximum absolute atomic E-state index is 6.27. The van der Waals surface area contributed by atoms with Crippen molar-refractivity contribution in [1.82, 2.24) is 0 Å². The van der Waals surface area contributed by atoms with Crippen molar-refractivity contribution in [1.29, 1.82) is 0 Å². The molecule has 0 bridgehead atoms. The number of fused-ring (bicyclic) bond motifs is 8. The average molecular weight is 1640 g/mol. The molecule has 0 heterocycles. The van der Waals surface area contributed by atoms with E-state index in [0.717, 1.165) is 194 Å². The van der Waals surface area contributed by atoms with Crippen LogP contribution in [0.4, 0.5) is 0 Å². The summed E-state index contributed by atoms with van der Waals surface area (Å²) in [6, 6.07) is 16.5. The third-order valence-corrected chi connectivity index (χ3v) is 20.3. The summed E-state index contributed by atoms with van der Waals surface area (Å²) in [5, 5.41) is 8.00. The van der Waals surface area contributed by atoms with E-state index in [1.807, 2.05) is 36.4 Å². The van der Waals surface area contributed by atoms with Crippen LogP contribution >= 0.6 is 0 Å². The van der Waals surface area contributed by atoms with Crippen molar-refractivity contribution in [3.05, 3.63) is 162 Å². The molecule has 8 aromatic rings. The quantitative estimate of drug-likeness (QED) is 0.0261. The summed E-state index contributed by atoms with van der Waals surface area (Å²) in [7, 11) is 23.6. The Labute approximate surface area is 703 Å². The lowest BCUT2D eigenvalue weighted by Crippen LogP contribution is -2.14. The van der Waals surface area contributed by atoms with E-state index in [0.29, 0.717) is 131 Å². The Bertz CT molecular complexity index is 4640. The molecular formula is C96H136O22. The summed E-state index contributed by atoms with van der Waals surface area (Å²) in [5.41, 5.74) is 16.2. The fraction of sp³-hybridized carbons (Fsp3) is 0.500. The highest BCUT2D eigenvalue weighted by Crippen LogP contribution is 2.52. The van der Waals surface area contributed by atoms with Crippen LogP contribution in [0.15, 0.2) is 95.5 Å². The van der Waals surface area contributed by atoms with Crippen LogP contribution in [0.3, 0.4) is 0 Å². The van der Waals surface area contributed by atoms with Crippen molar-refractivity contribution in [3.63, 3.8) is 0 Å². The van der Waals surface area contributed by atoms with Crippen LogP contribution in [0.5, 0.6) is 69.0 Å². The molecule has 12 rings (SSSR count). The van der Waals surface area contributed by atoms with Gasteiger partial charge in [0, 0.05) is 147 Å². The normalized spacial score (nSPS) is 12.7. The highest BCUT2D eigenvalue weighted by Gasteiger charge is 2.32. The molecule has 0 aliphatic heterocycles. The molecule has 0 amide bonds. The van der Waals surface area contributed by atoms with E-state index in [1.165, 1.54) is 33.4 Å². The smallest absolute Gasteiger partial charge is 0.135 e. The lowest BCUT2D eigenvalue weighted by molar-refractivity contribution is 0.144. The molecular weight excluding hydrogens is 1510 g/mol. The zero-order valence-electron chi connectivity index (χ0n) is 70.9. The molecule has 0 radical (unpaired) electrons. The number of rotatable bonds is 38. The van der Waals surface area contributed by atoms with Gasteiger partial charge in [0.05, 0.1) is 118 Å². The van der Waals surface area contributed by atoms with Gasteiger partial charge in [-0.25, -0.2) is 0 Å². The molecule has 22 nitrogen and oxygen atoms in total. The molecule has 0 aromatic heterocycles. The van der Waals surface area contributed by atoms with Crippen LogP contribution in [-0.2, 0) is 98.7 Å². The zero-order valence-corrected chi connectivity index (χ0v) is 70.9. The SMILES string of the molecule is C.C.C.C.COCCOc1c2c(c(OCCOC)c3c(C)cc(OC)cc13)CC(C)=CC2.COCCOc1c2c(c(OCCOC)c3c(C)cc(OC)cc13)CC(OC)=CC2.COCCOc1c2c(c(OCCOC)c3c(OC)cc(C)cc13)CC(C)=CC2.COCCOc1c2c(c(OCCOC)c3c(OC)cc(C)cc13)CC(OC)=CC2. The topological polar surface area (TPSA) is 203 Å². The standard InChI is InChI=1S/2C23H30O6.2C23H30O5.4CH4/c1-15-12-17(27-5)14-20-21(15)23(29-11-9-25-3)19-13-16(26-4)6-7-18(19)22(20)28-10-8-24-2;1-15-12-19-21(20(13-15)27-5)23(29-11-9-25-3)18-14-16(26-4)6-7-17(18)22(19)28-10-8-24-2;1-15-6-7-18-19(12-15)23(28-11-9-25-4)21-16(2)13-17(26-5)14-20(21)22(18)27-10-8-24-3;1-15-6-7-17-18(12-15)23(28-11-9-25-4)21-19(22(17)27-10-8-24-3)13-16(2)14-20(21)26-5;;;;/h6,12,14H,7-11,13H2,1-5H3;6,12-13H,7-11,14H2,1-5H3;2*6,13-14H,7-12H2,1-5H3;4*1H4. The van der Waals surface area contributed by atoms with Gasteiger partial charge in [0.25, 0.3) is 0 Å². The van der Waals surface area contributed by atoms with Crippen LogP contribution in [0.1, 0.15) is 110 Å². The van der Waals surface area contributed by atoms with Crippen LogP contribution < -0.4 is 56.8 Å². The molecule has 0 fully saturated rings. The lowest BCUT2D eigenvalue weighted by Gasteiger charge is -2.26. The van der Waals surface area contributed by atoms with Crippen molar-refractivity contribution in [2.45, 2.75) is 123 Å². The Kier molecular flexibility index (Phi) is 41.9. The Morgan fingerprint density at radius 3 is 0.729 bits per heavy atom. The van der Waals surface area contributed by atoms with Gasteiger partial charge in [0.15, 0.2) is 0 Å². The maximum Gasteiger partial charge on any atom is 0.135 e. The van der Waals surface area contributed by atoms with Gasteiger partial charge >= 0.3 is 0 Å². The number of allylic oxidation sites excluding steroid dienone is 8. The first-order chi connectivity index (χ1) is 55.5. The number of methoxy groups -OCH3 is 14. The predicted octanol–water partition coefficient (Wildman–Crippen LogP) is 18.7. The van der Waals surface area contributed by atoms with Crippen LogP contribution in [-0.4, -0.2) is 205 Å². The molecule has 0 spiro atoms. The summed E-state index contributed by atoms with van der Waals surface area (Å²) in [6.45, 7) is 20.7. The second-order valence-corrected chi connectivity index (χ2v) is 28.1. The third kappa shape index (κ3) is 24.0. The van der Waals surface area contributed by atoms with Crippen molar-refractivity contribution >= 4 is 43.1 Å². The molecule has 0 saturated heterocycles. The monoisotopic (exact) mass is 1640 g/mol. The van der Waals surface area contributed by atoms with Gasteiger partial charge in [-0.2, -0.15) is 0 Å². The summed E-state index contributed by atoms with van der Waals surface area (Å²) in [4.78, 5) is 0. The second-order valence-electron chi connectivity index (χ2n) is 28.1. The molecule has 118 heavy (non-hydrogen) atoms. The Balaban J connectivity index is 0.000000277. The molecule has 8 aromatic carbocycles. The van der Waals surface area contributed by atoms with Gasteiger partial charge in [-0.1, -0.05) is 53.0 Å². The average Bonchev–Trinajstić information content (AvgIpc) is 0.760. The summed E-state index contributed by atoms with van der Waals surface area (Å²) < 4.78 is 125. The largest absolute Gasteiger partial charge is 0.501 e. The van der Waals surface area contributed by atoms with E-state index in [4.69, 9.17) is 104 Å². The van der Waals surface area contributed by atoms with Gasteiger partial charge in [0.2, 0.25) is 0 Å². The van der Waals surface area contributed by atoms with Gasteiger partial charge < -0.3 is 104 Å². The van der Waals surface area contributed by atoms with Crippen molar-refractivity contribution < 1.29 is 104 Å². The Morgan fingerprint density at radius 2 is 0.475 bits per heavy atom. The van der Waals surface area contributed by atoms with E-state index < -0.39 is 0 Å². The maximum atomic E-state index is 6.27. The molecule has 22 heteroatoms. The van der Waals surface area contributed by atoms with E-state index in [9.17, 15) is 0 Å². The highest BCUT2D eigenvalue weighted by atomic mass is 16.6. The second kappa shape index (κ2) is 49.9. The fourth-order valence-electron chi connectivity index (χ4n) is 14.9. The zero-order chi connectivity index (χ0) is 81.8. The number of ether oxygens (including phenoxy) is 22. The minimum Gasteiger partial charge on any atom is -0.501 e. The van der Waals surface area contributed by atoms with Crippen molar-refractivity contribution in [2.24, 2.45) is 0 Å². The molecule has 4 aliphatic rings. The molecule has 0 saturated carbocycles. The lowest BCUT2D eigenvalue weighted by atomic mass is 9.86. The summed E-state index contributed by atoms with van der Waals surface area (Å²) in [6.07, 6.45) is 14.8. The van der Waals surface area contributed by atoms with Gasteiger partial charge in [0.1, 0.15) is 122 Å². The Hall–Kier alpha value is -9.36. The van der Waals surface area contributed by atoms with E-state index in [2.05, 4.69) is 78.0 Å². The van der Waals surface area contributed by atoms with Gasteiger partial charge in [-0.05, 0) is 163 Å². The van der Waals surface area contributed by atoms with Crippen LogP contribution in [0.25, 0.3) is 43.1 Å². The molecule has 0 N–H and O–H groups in total. The van der Waals surface area contributed by atoms with Crippen molar-refractivity contribution in [2.75, 3.05) is 205 Å². The first kappa shape index (κ1) is 99.2. The van der Waals surface area contributed by atoms with Gasteiger partial charge in [-0.3, -0.25) is 0 Å². The summed E-state index contributed by atoms with van der Waals surface area (Å²) in [5.74, 6) is 12.1. The minimum absolute atomic E-state index is 0. The Morgan fingerprint density at radius 1 is 0.229 bits per heavy atom. The first-order valence-electron chi connectivity index (χ1n) is 38.8. The third-order valence-electron chi connectivity index (χ3n) is 20.3. The molecule has 0 unspecified atom stereocenters. The van der Waals surface area contributed by atoms with Gasteiger partial charge in [-0.15, -0.1) is 0 Å².